The maximum atomic E-state index is 14.4. The normalized spacial score (nSPS) is 12.6. The van der Waals surface area contributed by atoms with Gasteiger partial charge in [0.2, 0.25) is 11.8 Å². The van der Waals surface area contributed by atoms with E-state index in [1.54, 1.807) is 19.2 Å². The van der Waals surface area contributed by atoms with Crippen LogP contribution < -0.4 is 15.2 Å². The molecule has 0 saturated heterocycles. The van der Waals surface area contributed by atoms with Gasteiger partial charge in [-0.15, -0.1) is 0 Å². The number of pyridine rings is 1. The van der Waals surface area contributed by atoms with Crippen LogP contribution in [0.5, 0.6) is 5.88 Å². The predicted octanol–water partition coefficient (Wildman–Crippen LogP) is 5.76. The summed E-state index contributed by atoms with van der Waals surface area (Å²) in [4.78, 5) is 8.31. The summed E-state index contributed by atoms with van der Waals surface area (Å²) in [7, 11) is -2.84. The fourth-order valence-corrected chi connectivity index (χ4v) is 5.34. The van der Waals surface area contributed by atoms with Crippen LogP contribution in [0.3, 0.4) is 0 Å². The second-order valence-electron chi connectivity index (χ2n) is 9.30. The average molecular weight is 526 g/mol. The first-order valence-corrected chi connectivity index (χ1v) is 13.7. The Morgan fingerprint density at radius 3 is 2.65 bits per heavy atom. The average Bonchev–Trinajstić information content (AvgIpc) is 3.17. The van der Waals surface area contributed by atoms with Gasteiger partial charge in [-0.25, -0.2) is 22.8 Å². The third kappa shape index (κ3) is 5.69. The number of halogens is 1. The fourth-order valence-electron chi connectivity index (χ4n) is 4.23. The van der Waals surface area contributed by atoms with Crippen molar-refractivity contribution in [3.05, 3.63) is 60.0 Å². The van der Waals surface area contributed by atoms with Crippen molar-refractivity contribution >= 4 is 32.7 Å². The highest BCUT2D eigenvalue weighted by Crippen LogP contribution is 2.32. The summed E-state index contributed by atoms with van der Waals surface area (Å²) in [5.74, 6) is 0.339. The first-order chi connectivity index (χ1) is 17.6. The summed E-state index contributed by atoms with van der Waals surface area (Å²) >= 11 is 0. The highest BCUT2D eigenvalue weighted by atomic mass is 32.2. The van der Waals surface area contributed by atoms with E-state index in [-0.39, 0.29) is 11.6 Å². The van der Waals surface area contributed by atoms with Gasteiger partial charge in [-0.1, -0.05) is 32.4 Å². The van der Waals surface area contributed by atoms with E-state index < -0.39 is 20.7 Å². The van der Waals surface area contributed by atoms with Gasteiger partial charge in [-0.2, -0.15) is 0 Å². The minimum atomic E-state index is -4.23. The molecule has 0 saturated carbocycles. The molecule has 0 aliphatic carbocycles. The van der Waals surface area contributed by atoms with Gasteiger partial charge >= 0.3 is 0 Å². The van der Waals surface area contributed by atoms with E-state index in [2.05, 4.69) is 28.5 Å². The standard InChI is InChI=1S/C27H32FN5O3S/c1-5-17(2)7-6-12-33-24-15-19(9-10-22(24)31-27(33)29)20-14-23(26(36-4)30-16-20)32-37(34,35)25-11-8-18(3)13-21(25)28/h8-11,13-17,32H,5-7,12H2,1-4H3,(H2,29,31). The van der Waals surface area contributed by atoms with Crippen LogP contribution in [0.25, 0.3) is 22.2 Å². The molecule has 0 amide bonds. The Balaban J connectivity index is 1.68. The lowest BCUT2D eigenvalue weighted by Gasteiger charge is -2.14. The summed E-state index contributed by atoms with van der Waals surface area (Å²) < 4.78 is 50.1. The molecule has 4 aromatic rings. The van der Waals surface area contributed by atoms with Crippen LogP contribution in [0, 0.1) is 18.7 Å². The maximum absolute atomic E-state index is 14.4. The summed E-state index contributed by atoms with van der Waals surface area (Å²) in [6.07, 6.45) is 4.82. The number of nitrogens with two attached hydrogens (primary N) is 1. The number of imidazole rings is 1. The Bertz CT molecular complexity index is 1530. The molecular formula is C27H32FN5O3S. The zero-order valence-electron chi connectivity index (χ0n) is 21.5. The van der Waals surface area contributed by atoms with Crippen LogP contribution in [0.15, 0.2) is 53.6 Å². The number of nitrogens with one attached hydrogen (secondary N) is 1. The summed E-state index contributed by atoms with van der Waals surface area (Å²) in [5.41, 5.74) is 10.0. The van der Waals surface area contributed by atoms with Crippen molar-refractivity contribution in [1.82, 2.24) is 14.5 Å². The van der Waals surface area contributed by atoms with Crippen LogP contribution in [0.4, 0.5) is 16.0 Å². The molecule has 196 valence electrons. The van der Waals surface area contributed by atoms with Crippen molar-refractivity contribution in [2.24, 2.45) is 5.92 Å². The fraction of sp³-hybridized carbons (Fsp3) is 0.333. The van der Waals surface area contributed by atoms with Crippen LogP contribution in [0.1, 0.15) is 38.7 Å². The molecule has 0 aliphatic rings. The number of hydrogen-bond acceptors (Lipinski definition) is 6. The number of benzene rings is 2. The number of aromatic nitrogens is 3. The third-order valence-corrected chi connectivity index (χ3v) is 7.95. The van der Waals surface area contributed by atoms with E-state index >= 15 is 0 Å². The molecule has 0 aliphatic heterocycles. The minimum absolute atomic E-state index is 0.0697. The van der Waals surface area contributed by atoms with Gasteiger partial charge in [0.1, 0.15) is 16.4 Å². The van der Waals surface area contributed by atoms with Crippen molar-refractivity contribution in [2.75, 3.05) is 17.6 Å². The number of fused-ring (bicyclic) bond motifs is 1. The molecule has 37 heavy (non-hydrogen) atoms. The van der Waals surface area contributed by atoms with Crippen LogP contribution in [-0.2, 0) is 16.6 Å². The topological polar surface area (TPSA) is 112 Å². The van der Waals surface area contributed by atoms with Gasteiger partial charge in [0.25, 0.3) is 10.0 Å². The smallest absolute Gasteiger partial charge is 0.264 e. The molecule has 10 heteroatoms. The summed E-state index contributed by atoms with van der Waals surface area (Å²) in [6.45, 7) is 6.87. The zero-order chi connectivity index (χ0) is 26.7. The first-order valence-electron chi connectivity index (χ1n) is 12.2. The minimum Gasteiger partial charge on any atom is -0.480 e. The number of ether oxygens (including phenoxy) is 1. The summed E-state index contributed by atoms with van der Waals surface area (Å²) in [6, 6.07) is 11.3. The highest BCUT2D eigenvalue weighted by Gasteiger charge is 2.22. The first kappa shape index (κ1) is 26.4. The maximum Gasteiger partial charge on any atom is 0.264 e. The Hall–Kier alpha value is -3.66. The Morgan fingerprint density at radius 2 is 1.95 bits per heavy atom. The zero-order valence-corrected chi connectivity index (χ0v) is 22.3. The molecule has 8 nitrogen and oxygen atoms in total. The molecule has 3 N–H and O–H groups in total. The number of anilines is 2. The third-order valence-electron chi connectivity index (χ3n) is 6.55. The van der Waals surface area contributed by atoms with Gasteiger partial charge in [0, 0.05) is 18.3 Å². The van der Waals surface area contributed by atoms with Crippen molar-refractivity contribution in [3.8, 4) is 17.0 Å². The molecule has 4 rings (SSSR count). The van der Waals surface area contributed by atoms with Crippen LogP contribution in [-0.4, -0.2) is 30.1 Å². The number of nitrogen functional groups attached to an aromatic ring is 1. The number of nitrogens with zero attached hydrogens (tertiary/aromatic N) is 3. The summed E-state index contributed by atoms with van der Waals surface area (Å²) in [5, 5.41) is 0. The lowest BCUT2D eigenvalue weighted by molar-refractivity contribution is 0.400. The van der Waals surface area contributed by atoms with E-state index in [4.69, 9.17) is 10.5 Å². The predicted molar refractivity (Wildman–Crippen MR) is 145 cm³/mol. The van der Waals surface area contributed by atoms with Crippen LogP contribution in [0.2, 0.25) is 0 Å². The largest absolute Gasteiger partial charge is 0.480 e. The Labute approximate surface area is 216 Å². The quantitative estimate of drug-likeness (QED) is 0.272. The number of methoxy groups -OCH3 is 1. The SMILES string of the molecule is CCC(C)CCCn1c(N)nc2ccc(-c3cnc(OC)c(NS(=O)(=O)c4ccc(C)cc4F)c3)cc21. The molecule has 2 heterocycles. The van der Waals surface area contributed by atoms with E-state index in [0.717, 1.165) is 42.4 Å². The van der Waals surface area contributed by atoms with Crippen molar-refractivity contribution in [1.29, 1.82) is 0 Å². The van der Waals surface area contributed by atoms with Crippen molar-refractivity contribution in [2.45, 2.75) is 51.5 Å². The highest BCUT2D eigenvalue weighted by molar-refractivity contribution is 7.92. The molecule has 2 aromatic heterocycles. The molecule has 1 unspecified atom stereocenters. The van der Waals surface area contributed by atoms with Crippen LogP contribution >= 0.6 is 0 Å². The Kier molecular flexibility index (Phi) is 7.68. The van der Waals surface area contributed by atoms with Crippen molar-refractivity contribution in [3.63, 3.8) is 0 Å². The number of rotatable bonds is 10. The molecule has 1 atom stereocenters. The molecular weight excluding hydrogens is 493 g/mol. The second-order valence-corrected chi connectivity index (χ2v) is 11.0. The number of aryl methyl sites for hydroxylation is 2. The van der Waals surface area contributed by atoms with E-state index in [9.17, 15) is 12.8 Å². The molecule has 2 aromatic carbocycles. The Morgan fingerprint density at radius 1 is 1.16 bits per heavy atom. The monoisotopic (exact) mass is 525 g/mol. The molecule has 0 fully saturated rings. The number of sulfonamides is 1. The van der Waals surface area contributed by atoms with Gasteiger partial charge in [0.05, 0.1) is 18.1 Å². The van der Waals surface area contributed by atoms with Crippen molar-refractivity contribution < 1.29 is 17.5 Å². The van der Waals surface area contributed by atoms with E-state index in [1.807, 2.05) is 22.8 Å². The van der Waals surface area contributed by atoms with Gasteiger partial charge in [0.15, 0.2) is 0 Å². The van der Waals surface area contributed by atoms with Gasteiger partial charge in [-0.05, 0) is 67.1 Å². The van der Waals surface area contributed by atoms with Gasteiger partial charge in [-0.3, -0.25) is 4.72 Å². The molecule has 0 bridgehead atoms. The lowest BCUT2D eigenvalue weighted by atomic mass is 10.0. The lowest BCUT2D eigenvalue weighted by Crippen LogP contribution is -2.15. The molecule has 0 radical (unpaired) electrons. The van der Waals surface area contributed by atoms with E-state index in [1.165, 1.54) is 25.3 Å². The van der Waals surface area contributed by atoms with Gasteiger partial charge < -0.3 is 15.0 Å². The number of hydrogen-bond donors (Lipinski definition) is 2. The molecule has 0 spiro atoms. The second kappa shape index (κ2) is 10.8. The van der Waals surface area contributed by atoms with E-state index in [0.29, 0.717) is 23.0 Å².